The van der Waals surface area contributed by atoms with Gasteiger partial charge in [0.25, 0.3) is 0 Å². The van der Waals surface area contributed by atoms with Crippen LogP contribution in [0.5, 0.6) is 11.5 Å². The van der Waals surface area contributed by atoms with E-state index in [-0.39, 0.29) is 23.4 Å². The van der Waals surface area contributed by atoms with Crippen molar-refractivity contribution < 1.29 is 9.47 Å². The van der Waals surface area contributed by atoms with Crippen LogP contribution in [0.25, 0.3) is 0 Å². The largest absolute Gasteiger partial charge is 0.490 e. The monoisotopic (exact) mass is 439 g/mol. The second-order valence-corrected chi connectivity index (χ2v) is 9.54. The molecule has 0 heterocycles. The maximum Gasteiger partial charge on any atom is 0.161 e. The fourth-order valence-electron chi connectivity index (χ4n) is 3.52. The summed E-state index contributed by atoms with van der Waals surface area (Å²) in [5.74, 6) is 1.54. The summed E-state index contributed by atoms with van der Waals surface area (Å²) in [4.78, 5) is 0. The first kappa shape index (κ1) is 25.6. The molecule has 162 valence electrons. The molecule has 0 aliphatic rings. The van der Waals surface area contributed by atoms with Gasteiger partial charge in [0.2, 0.25) is 0 Å². The molecular formula is C24H35Cl2NO2. The van der Waals surface area contributed by atoms with Gasteiger partial charge in [0.05, 0.1) is 6.61 Å². The van der Waals surface area contributed by atoms with Gasteiger partial charge in [-0.25, -0.2) is 0 Å². The highest BCUT2D eigenvalue weighted by Crippen LogP contribution is 2.31. The van der Waals surface area contributed by atoms with Crippen molar-refractivity contribution in [1.29, 1.82) is 0 Å². The minimum Gasteiger partial charge on any atom is -0.490 e. The van der Waals surface area contributed by atoms with Crippen LogP contribution in [0.3, 0.4) is 0 Å². The van der Waals surface area contributed by atoms with Gasteiger partial charge in [0.1, 0.15) is 6.61 Å². The lowest BCUT2D eigenvalue weighted by atomic mass is 9.82. The van der Waals surface area contributed by atoms with E-state index in [0.29, 0.717) is 13.2 Å². The van der Waals surface area contributed by atoms with Crippen LogP contribution in [-0.4, -0.2) is 12.1 Å². The maximum atomic E-state index is 5.99. The molecule has 3 nitrogen and oxygen atoms in total. The molecule has 5 heteroatoms. The van der Waals surface area contributed by atoms with Crippen LogP contribution in [0.1, 0.15) is 59.1 Å². The summed E-state index contributed by atoms with van der Waals surface area (Å²) in [6, 6.07) is 13.8. The molecule has 0 aliphatic carbocycles. The third kappa shape index (κ3) is 9.29. The van der Waals surface area contributed by atoms with Crippen molar-refractivity contribution in [2.75, 3.05) is 6.61 Å². The third-order valence-electron chi connectivity index (χ3n) is 4.36. The van der Waals surface area contributed by atoms with E-state index in [1.807, 2.05) is 37.3 Å². The molecule has 2 rings (SSSR count). The standard InChI is InChI=1S/C24H34ClNO2.ClH/c1-7-27-22-14-19(15-26-24(5,6)17-23(2,3)4)10-13-21(22)28-16-18-8-11-20(25)12-9-18;/h8-14,26H,7,15-17H2,1-6H3;1H. The fraction of sp³-hybridized carbons (Fsp3) is 0.500. The molecule has 0 saturated heterocycles. The Hall–Kier alpha value is -1.42. The van der Waals surface area contributed by atoms with Crippen molar-refractivity contribution in [3.05, 3.63) is 58.6 Å². The Kier molecular flexibility index (Phi) is 9.81. The van der Waals surface area contributed by atoms with E-state index < -0.39 is 0 Å². The topological polar surface area (TPSA) is 30.5 Å². The quantitative estimate of drug-likeness (QED) is 0.453. The Balaban J connectivity index is 0.00000420. The first-order chi connectivity index (χ1) is 13.1. The minimum absolute atomic E-state index is 0. The highest BCUT2D eigenvalue weighted by Gasteiger charge is 2.24. The zero-order valence-corrected chi connectivity index (χ0v) is 20.0. The number of hydrogen-bond acceptors (Lipinski definition) is 3. The van der Waals surface area contributed by atoms with Gasteiger partial charge in [-0.3, -0.25) is 0 Å². The Morgan fingerprint density at radius 3 is 2.07 bits per heavy atom. The molecule has 2 aromatic rings. The molecule has 0 spiro atoms. The van der Waals surface area contributed by atoms with Gasteiger partial charge in [0, 0.05) is 17.1 Å². The average molecular weight is 440 g/mol. The second kappa shape index (κ2) is 11.1. The van der Waals surface area contributed by atoms with E-state index in [1.54, 1.807) is 0 Å². The van der Waals surface area contributed by atoms with Crippen molar-refractivity contribution >= 4 is 24.0 Å². The van der Waals surface area contributed by atoms with E-state index in [9.17, 15) is 0 Å². The fourth-order valence-corrected chi connectivity index (χ4v) is 3.65. The van der Waals surface area contributed by atoms with Crippen molar-refractivity contribution in [3.63, 3.8) is 0 Å². The average Bonchev–Trinajstić information content (AvgIpc) is 2.59. The smallest absolute Gasteiger partial charge is 0.161 e. The van der Waals surface area contributed by atoms with Crippen molar-refractivity contribution in [2.45, 2.75) is 66.7 Å². The zero-order chi connectivity index (χ0) is 20.8. The third-order valence-corrected chi connectivity index (χ3v) is 4.61. The van der Waals surface area contributed by atoms with Gasteiger partial charge in [0.15, 0.2) is 11.5 Å². The van der Waals surface area contributed by atoms with Gasteiger partial charge in [-0.1, -0.05) is 50.6 Å². The first-order valence-corrected chi connectivity index (χ1v) is 10.3. The lowest BCUT2D eigenvalue weighted by molar-refractivity contribution is 0.240. The van der Waals surface area contributed by atoms with Gasteiger partial charge in [-0.05, 0) is 68.0 Å². The summed E-state index contributed by atoms with van der Waals surface area (Å²) in [7, 11) is 0. The van der Waals surface area contributed by atoms with E-state index in [2.05, 4.69) is 52.1 Å². The summed E-state index contributed by atoms with van der Waals surface area (Å²) in [6.45, 7) is 15.2. The van der Waals surface area contributed by atoms with Crippen LogP contribution in [0.4, 0.5) is 0 Å². The molecule has 0 saturated carbocycles. The van der Waals surface area contributed by atoms with Crippen molar-refractivity contribution in [1.82, 2.24) is 5.32 Å². The number of nitrogens with one attached hydrogen (secondary N) is 1. The molecule has 0 unspecified atom stereocenters. The summed E-state index contributed by atoms with van der Waals surface area (Å²) in [5.41, 5.74) is 2.60. The van der Waals surface area contributed by atoms with Gasteiger partial charge in [-0.2, -0.15) is 0 Å². The SMILES string of the molecule is CCOc1cc(CNC(C)(C)CC(C)(C)C)ccc1OCc1ccc(Cl)cc1.Cl. The van der Waals surface area contributed by atoms with Gasteiger partial charge < -0.3 is 14.8 Å². The van der Waals surface area contributed by atoms with Crippen LogP contribution in [0.15, 0.2) is 42.5 Å². The number of ether oxygens (including phenoxy) is 2. The number of halogens is 2. The van der Waals surface area contributed by atoms with E-state index in [1.165, 1.54) is 5.56 Å². The number of rotatable bonds is 9. The Bertz CT molecular complexity index is 752. The molecule has 29 heavy (non-hydrogen) atoms. The molecule has 0 bridgehead atoms. The minimum atomic E-state index is 0. The summed E-state index contributed by atoms with van der Waals surface area (Å²) in [6.07, 6.45) is 1.10. The molecule has 0 aliphatic heterocycles. The van der Waals surface area contributed by atoms with E-state index >= 15 is 0 Å². The normalized spacial score (nSPS) is 11.7. The Labute approximate surface area is 187 Å². The lowest BCUT2D eigenvalue weighted by Crippen LogP contribution is -2.41. The second-order valence-electron chi connectivity index (χ2n) is 9.10. The lowest BCUT2D eigenvalue weighted by Gasteiger charge is -2.33. The number of benzene rings is 2. The van der Waals surface area contributed by atoms with Crippen molar-refractivity contribution in [2.24, 2.45) is 5.41 Å². The molecule has 2 aromatic carbocycles. The van der Waals surface area contributed by atoms with Crippen LogP contribution in [0.2, 0.25) is 5.02 Å². The molecule has 0 atom stereocenters. The molecule has 1 N–H and O–H groups in total. The maximum absolute atomic E-state index is 5.99. The molecule has 0 amide bonds. The predicted molar refractivity (Wildman–Crippen MR) is 126 cm³/mol. The predicted octanol–water partition coefficient (Wildman–Crippen LogP) is 7.04. The Morgan fingerprint density at radius 2 is 1.48 bits per heavy atom. The summed E-state index contributed by atoms with van der Waals surface area (Å²) >= 11 is 5.94. The Morgan fingerprint density at radius 1 is 0.862 bits per heavy atom. The summed E-state index contributed by atoms with van der Waals surface area (Å²) < 4.78 is 11.8. The van der Waals surface area contributed by atoms with E-state index in [0.717, 1.165) is 35.1 Å². The molecule has 0 aromatic heterocycles. The zero-order valence-electron chi connectivity index (χ0n) is 18.5. The van der Waals surface area contributed by atoms with Crippen LogP contribution < -0.4 is 14.8 Å². The molecule has 0 fully saturated rings. The molecular weight excluding hydrogens is 405 g/mol. The highest BCUT2D eigenvalue weighted by atomic mass is 35.5. The van der Waals surface area contributed by atoms with Crippen LogP contribution in [0, 0.1) is 5.41 Å². The molecule has 0 radical (unpaired) electrons. The van der Waals surface area contributed by atoms with Crippen LogP contribution >= 0.6 is 24.0 Å². The first-order valence-electron chi connectivity index (χ1n) is 9.96. The van der Waals surface area contributed by atoms with Gasteiger partial charge in [-0.15, -0.1) is 12.4 Å². The number of hydrogen-bond donors (Lipinski definition) is 1. The van der Waals surface area contributed by atoms with Crippen molar-refractivity contribution in [3.8, 4) is 11.5 Å². The highest BCUT2D eigenvalue weighted by molar-refractivity contribution is 6.30. The van der Waals surface area contributed by atoms with Crippen LogP contribution in [-0.2, 0) is 13.2 Å². The summed E-state index contributed by atoms with van der Waals surface area (Å²) in [5, 5.41) is 4.40. The van der Waals surface area contributed by atoms with E-state index in [4.69, 9.17) is 21.1 Å². The van der Waals surface area contributed by atoms with Gasteiger partial charge >= 0.3 is 0 Å².